The van der Waals surface area contributed by atoms with Crippen molar-refractivity contribution < 1.29 is 13.2 Å². The minimum Gasteiger partial charge on any atom is -0.240 e. The quantitative estimate of drug-likeness (QED) is 0.632. The van der Waals surface area contributed by atoms with Crippen LogP contribution in [0.3, 0.4) is 0 Å². The summed E-state index contributed by atoms with van der Waals surface area (Å²) in [6.07, 6.45) is 3.11. The molecule has 3 rings (SSSR count). The maximum atomic E-state index is 13.2. The van der Waals surface area contributed by atoms with E-state index < -0.39 is 17.5 Å². The minimum absolute atomic E-state index is 0.0969. The third-order valence-corrected chi connectivity index (χ3v) is 3.21. The van der Waals surface area contributed by atoms with Crippen LogP contribution in [0.5, 0.6) is 0 Å². The number of rotatable bonds is 2. The molecule has 0 aliphatic carbocycles. The van der Waals surface area contributed by atoms with Crippen molar-refractivity contribution in [2.45, 2.75) is 0 Å². The van der Waals surface area contributed by atoms with E-state index in [9.17, 15) is 13.2 Å². The Hall–Kier alpha value is -2.27. The molecule has 0 aliphatic heterocycles. The molecule has 1 aromatic heterocycles. The minimum atomic E-state index is -1.50. The summed E-state index contributed by atoms with van der Waals surface area (Å²) in [5.41, 5.74) is 1.64. The van der Waals surface area contributed by atoms with Gasteiger partial charge in [0.15, 0.2) is 17.5 Å². The van der Waals surface area contributed by atoms with Gasteiger partial charge in [-0.25, -0.2) is 17.9 Å². The number of hydrogen-bond donors (Lipinski definition) is 0. The lowest BCUT2D eigenvalue weighted by Crippen LogP contribution is -1.99. The number of nitrogens with zero attached hydrogens (tertiary/aromatic N) is 2. The molecule has 0 radical (unpaired) electrons. The Morgan fingerprint density at radius 2 is 1.67 bits per heavy atom. The van der Waals surface area contributed by atoms with E-state index in [2.05, 4.69) is 5.10 Å². The van der Waals surface area contributed by atoms with E-state index >= 15 is 0 Å². The zero-order valence-corrected chi connectivity index (χ0v) is 11.3. The largest absolute Gasteiger partial charge is 0.240 e. The molecule has 6 heteroatoms. The molecule has 0 amide bonds. The average molecular weight is 309 g/mol. The highest BCUT2D eigenvalue weighted by Gasteiger charge is 2.12. The molecule has 0 bridgehead atoms. The molecule has 0 saturated carbocycles. The fraction of sp³-hybridized carbons (Fsp3) is 0. The second-order valence-electron chi connectivity index (χ2n) is 4.41. The normalized spacial score (nSPS) is 10.9. The molecule has 2 aromatic carbocycles. The van der Waals surface area contributed by atoms with E-state index in [1.807, 2.05) is 6.07 Å². The van der Waals surface area contributed by atoms with Gasteiger partial charge < -0.3 is 0 Å². The lowest BCUT2D eigenvalue weighted by atomic mass is 10.1. The maximum Gasteiger partial charge on any atom is 0.194 e. The van der Waals surface area contributed by atoms with Crippen molar-refractivity contribution in [3.05, 3.63) is 71.3 Å². The van der Waals surface area contributed by atoms with E-state index in [0.29, 0.717) is 5.02 Å². The van der Waals surface area contributed by atoms with Crippen LogP contribution in [0.15, 0.2) is 48.8 Å². The van der Waals surface area contributed by atoms with Gasteiger partial charge in [0, 0.05) is 28.9 Å². The summed E-state index contributed by atoms with van der Waals surface area (Å²) in [6, 6.07) is 8.86. The standard InChI is InChI=1S/C15H8ClF3N2/c16-11-3-1-2-9(4-11)10-7-20-21(8-10)12-5-13(17)15(19)14(18)6-12/h1-8H. The number of aromatic nitrogens is 2. The molecule has 1 heterocycles. The van der Waals surface area contributed by atoms with Gasteiger partial charge in [-0.2, -0.15) is 5.10 Å². The first-order valence-electron chi connectivity index (χ1n) is 6.00. The van der Waals surface area contributed by atoms with Crippen LogP contribution in [0, 0.1) is 17.5 Å². The summed E-state index contributed by atoms with van der Waals surface area (Å²) in [5.74, 6) is -4.02. The summed E-state index contributed by atoms with van der Waals surface area (Å²) < 4.78 is 40.7. The molecule has 0 atom stereocenters. The van der Waals surface area contributed by atoms with Crippen LogP contribution in [0.25, 0.3) is 16.8 Å². The van der Waals surface area contributed by atoms with Crippen molar-refractivity contribution in [2.24, 2.45) is 0 Å². The topological polar surface area (TPSA) is 17.8 Å². The Morgan fingerprint density at radius 1 is 0.952 bits per heavy atom. The van der Waals surface area contributed by atoms with Gasteiger partial charge in [0.1, 0.15) is 0 Å². The Morgan fingerprint density at radius 3 is 2.33 bits per heavy atom. The molecule has 21 heavy (non-hydrogen) atoms. The van der Waals surface area contributed by atoms with Gasteiger partial charge in [-0.05, 0) is 17.7 Å². The molecule has 0 aliphatic rings. The van der Waals surface area contributed by atoms with Crippen molar-refractivity contribution in [3.63, 3.8) is 0 Å². The average Bonchev–Trinajstić information content (AvgIpc) is 2.94. The molecule has 2 nitrogen and oxygen atoms in total. The zero-order valence-electron chi connectivity index (χ0n) is 10.5. The highest BCUT2D eigenvalue weighted by atomic mass is 35.5. The van der Waals surface area contributed by atoms with E-state index in [1.165, 1.54) is 10.9 Å². The monoisotopic (exact) mass is 308 g/mol. The molecule has 106 valence electrons. The van der Waals surface area contributed by atoms with Gasteiger partial charge in [-0.15, -0.1) is 0 Å². The zero-order chi connectivity index (χ0) is 15.0. The lowest BCUT2D eigenvalue weighted by Gasteiger charge is -2.03. The SMILES string of the molecule is Fc1cc(-n2cc(-c3cccc(Cl)c3)cn2)cc(F)c1F. The Bertz CT molecular complexity index is 791. The Labute approximate surface area is 123 Å². The van der Waals surface area contributed by atoms with Crippen LogP contribution in [0.4, 0.5) is 13.2 Å². The van der Waals surface area contributed by atoms with Crippen LogP contribution < -0.4 is 0 Å². The van der Waals surface area contributed by atoms with E-state index in [0.717, 1.165) is 23.3 Å². The van der Waals surface area contributed by atoms with Crippen molar-refractivity contribution in [1.29, 1.82) is 0 Å². The Kier molecular flexibility index (Phi) is 3.43. The van der Waals surface area contributed by atoms with Crippen molar-refractivity contribution >= 4 is 11.6 Å². The van der Waals surface area contributed by atoms with Crippen LogP contribution in [0.2, 0.25) is 5.02 Å². The summed E-state index contributed by atoms with van der Waals surface area (Å²) >= 11 is 5.91. The fourth-order valence-corrected chi connectivity index (χ4v) is 2.15. The van der Waals surface area contributed by atoms with Crippen LogP contribution in [-0.2, 0) is 0 Å². The first-order valence-corrected chi connectivity index (χ1v) is 6.38. The van der Waals surface area contributed by atoms with Crippen LogP contribution in [0.1, 0.15) is 0 Å². The number of benzene rings is 2. The highest BCUT2D eigenvalue weighted by Crippen LogP contribution is 2.24. The lowest BCUT2D eigenvalue weighted by molar-refractivity contribution is 0.446. The predicted octanol–water partition coefficient (Wildman–Crippen LogP) is 4.61. The van der Waals surface area contributed by atoms with Gasteiger partial charge >= 0.3 is 0 Å². The summed E-state index contributed by atoms with van der Waals surface area (Å²) in [7, 11) is 0. The predicted molar refractivity (Wildman–Crippen MR) is 73.9 cm³/mol. The first-order chi connectivity index (χ1) is 10.0. The molecule has 0 spiro atoms. The van der Waals surface area contributed by atoms with Gasteiger partial charge in [-0.3, -0.25) is 0 Å². The number of halogens is 4. The molecule has 0 fully saturated rings. The van der Waals surface area contributed by atoms with E-state index in [-0.39, 0.29) is 5.69 Å². The second-order valence-corrected chi connectivity index (χ2v) is 4.84. The smallest absolute Gasteiger partial charge is 0.194 e. The van der Waals surface area contributed by atoms with Gasteiger partial charge in [0.2, 0.25) is 0 Å². The number of hydrogen-bond acceptors (Lipinski definition) is 1. The molecule has 3 aromatic rings. The fourth-order valence-electron chi connectivity index (χ4n) is 1.96. The summed E-state index contributed by atoms with van der Waals surface area (Å²) in [4.78, 5) is 0. The first kappa shape index (κ1) is 13.7. The van der Waals surface area contributed by atoms with Crippen LogP contribution in [-0.4, -0.2) is 9.78 Å². The third kappa shape index (κ3) is 2.64. The van der Waals surface area contributed by atoms with Gasteiger partial charge in [0.05, 0.1) is 11.9 Å². The molecular formula is C15H8ClF3N2. The summed E-state index contributed by atoms with van der Waals surface area (Å²) in [5, 5.41) is 4.59. The van der Waals surface area contributed by atoms with E-state index in [4.69, 9.17) is 11.6 Å². The molecule has 0 saturated heterocycles. The van der Waals surface area contributed by atoms with Gasteiger partial charge in [-0.1, -0.05) is 23.7 Å². The third-order valence-electron chi connectivity index (χ3n) is 2.97. The van der Waals surface area contributed by atoms with Crippen molar-refractivity contribution in [2.75, 3.05) is 0 Å². The van der Waals surface area contributed by atoms with E-state index in [1.54, 1.807) is 24.4 Å². The summed E-state index contributed by atoms with van der Waals surface area (Å²) in [6.45, 7) is 0. The van der Waals surface area contributed by atoms with Crippen molar-refractivity contribution in [1.82, 2.24) is 9.78 Å². The molecule has 0 unspecified atom stereocenters. The maximum absolute atomic E-state index is 13.2. The van der Waals surface area contributed by atoms with Crippen molar-refractivity contribution in [3.8, 4) is 16.8 Å². The Balaban J connectivity index is 2.02. The molecular weight excluding hydrogens is 301 g/mol. The van der Waals surface area contributed by atoms with Gasteiger partial charge in [0.25, 0.3) is 0 Å². The molecule has 0 N–H and O–H groups in total. The second kappa shape index (κ2) is 5.26. The van der Waals surface area contributed by atoms with Crippen LogP contribution >= 0.6 is 11.6 Å². The highest BCUT2D eigenvalue weighted by molar-refractivity contribution is 6.30.